The molecule has 0 radical (unpaired) electrons. The van der Waals surface area contributed by atoms with Gasteiger partial charge < -0.3 is 19.7 Å². The highest BCUT2D eigenvalue weighted by Crippen LogP contribution is 2.44. The number of aromatic nitrogens is 1. The normalized spacial score (nSPS) is 13.2. The number of carboxylic acids is 1. The molecule has 1 aromatic heterocycles. The Morgan fingerprint density at radius 3 is 2.13 bits per heavy atom. The fourth-order valence-electron chi connectivity index (χ4n) is 5.21. The molecule has 0 aliphatic carbocycles. The van der Waals surface area contributed by atoms with Crippen molar-refractivity contribution in [3.05, 3.63) is 123 Å². The molecule has 3 N–H and O–H groups in total. The van der Waals surface area contributed by atoms with E-state index in [0.29, 0.717) is 44.4 Å². The fourth-order valence-corrected chi connectivity index (χ4v) is 7.12. The summed E-state index contributed by atoms with van der Waals surface area (Å²) in [4.78, 5) is 11.5. The first-order chi connectivity index (χ1) is 21.1. The maximum Gasteiger partial charge on any atom is 0.488 e. The summed E-state index contributed by atoms with van der Waals surface area (Å²) in [7, 11) is -5.55. The number of carboxylic acid groups (broad SMARTS) is 1. The predicted octanol–water partition coefficient (Wildman–Crippen LogP) is 5.97. The zero-order valence-electron chi connectivity index (χ0n) is 23.1. The molecule has 5 aromatic rings. The van der Waals surface area contributed by atoms with Crippen LogP contribution in [0, 0.1) is 24.4 Å². The van der Waals surface area contributed by atoms with Gasteiger partial charge in [0.25, 0.3) is 0 Å². The summed E-state index contributed by atoms with van der Waals surface area (Å²) in [6.07, 6.45) is 0. The zero-order valence-corrected chi connectivity index (χ0v) is 25.4. The van der Waals surface area contributed by atoms with Crippen LogP contribution in [0.4, 0.5) is 13.2 Å². The van der Waals surface area contributed by atoms with E-state index in [0.717, 1.165) is 23.6 Å². The molecule has 4 aromatic carbocycles. The SMILES string of the molecule is Cc1c(C2=CS(=O)(=O)c3cc(-c4cc(F)cc(Cl)c4)ccc32)c2cc(F)ccc2n1CC(=O)O.OB(O)c1cc(F)cc(Cl)c1. The minimum atomic E-state index is -3.87. The van der Waals surface area contributed by atoms with Crippen LogP contribution in [0.3, 0.4) is 0 Å². The molecule has 230 valence electrons. The summed E-state index contributed by atoms with van der Waals surface area (Å²) >= 11 is 11.4. The Kier molecular flexibility index (Phi) is 8.89. The van der Waals surface area contributed by atoms with E-state index in [9.17, 15) is 31.5 Å². The van der Waals surface area contributed by atoms with Crippen molar-refractivity contribution in [2.24, 2.45) is 0 Å². The molecule has 0 fully saturated rings. The number of aliphatic carboxylic acids is 1. The van der Waals surface area contributed by atoms with Gasteiger partial charge in [0.1, 0.15) is 24.0 Å². The van der Waals surface area contributed by atoms with Crippen LogP contribution < -0.4 is 5.46 Å². The van der Waals surface area contributed by atoms with Gasteiger partial charge in [0.05, 0.1) is 4.90 Å². The summed E-state index contributed by atoms with van der Waals surface area (Å²) in [6, 6.07) is 16.0. The minimum Gasteiger partial charge on any atom is -0.480 e. The summed E-state index contributed by atoms with van der Waals surface area (Å²) in [6.45, 7) is 1.31. The van der Waals surface area contributed by atoms with Crippen LogP contribution in [0.1, 0.15) is 16.8 Å². The zero-order chi connectivity index (χ0) is 32.8. The molecule has 7 nitrogen and oxygen atoms in total. The summed E-state index contributed by atoms with van der Waals surface area (Å²) in [5, 5.41) is 28.4. The lowest BCUT2D eigenvalue weighted by Crippen LogP contribution is -2.29. The molecule has 1 aliphatic heterocycles. The molecule has 0 unspecified atom stereocenters. The van der Waals surface area contributed by atoms with Crippen LogP contribution in [-0.2, 0) is 21.2 Å². The number of nitrogens with zero attached hydrogens (tertiary/aromatic N) is 1. The van der Waals surface area contributed by atoms with Gasteiger partial charge in [-0.3, -0.25) is 4.79 Å². The lowest BCUT2D eigenvalue weighted by molar-refractivity contribution is -0.137. The Balaban J connectivity index is 0.000000309. The van der Waals surface area contributed by atoms with E-state index < -0.39 is 40.4 Å². The number of sulfone groups is 1. The van der Waals surface area contributed by atoms with Crippen molar-refractivity contribution in [1.82, 2.24) is 4.57 Å². The Labute approximate surface area is 265 Å². The van der Waals surface area contributed by atoms with E-state index in [1.807, 2.05) is 0 Å². The number of rotatable bonds is 5. The highest BCUT2D eigenvalue weighted by molar-refractivity contribution is 7.95. The fraction of sp³-hybridized carbons (Fsp3) is 0.0645. The summed E-state index contributed by atoms with van der Waals surface area (Å²) in [5.41, 5.74) is 3.10. The van der Waals surface area contributed by atoms with Crippen molar-refractivity contribution in [1.29, 1.82) is 0 Å². The molecule has 0 atom stereocenters. The Hall–Kier alpha value is -4.07. The van der Waals surface area contributed by atoms with Gasteiger partial charge in [-0.2, -0.15) is 0 Å². The smallest absolute Gasteiger partial charge is 0.480 e. The number of hydrogen-bond donors (Lipinski definition) is 3. The molecule has 2 heterocycles. The third kappa shape index (κ3) is 6.65. The molecule has 0 bridgehead atoms. The van der Waals surface area contributed by atoms with Crippen molar-refractivity contribution in [2.75, 3.05) is 0 Å². The number of benzene rings is 4. The third-order valence-corrected chi connectivity index (χ3v) is 9.01. The van der Waals surface area contributed by atoms with Crippen LogP contribution in [0.5, 0.6) is 0 Å². The van der Waals surface area contributed by atoms with Crippen LogP contribution in [0.25, 0.3) is 27.6 Å². The topological polar surface area (TPSA) is 117 Å². The second-order valence-electron chi connectivity index (χ2n) is 10.1. The average Bonchev–Trinajstić information content (AvgIpc) is 3.35. The Bertz CT molecular complexity index is 2110. The van der Waals surface area contributed by atoms with Crippen molar-refractivity contribution in [2.45, 2.75) is 18.4 Å². The first kappa shape index (κ1) is 32.3. The van der Waals surface area contributed by atoms with Gasteiger partial charge in [0, 0.05) is 48.8 Å². The molecule has 0 saturated heterocycles. The Morgan fingerprint density at radius 1 is 0.844 bits per heavy atom. The monoisotopic (exact) mass is 673 g/mol. The lowest BCUT2D eigenvalue weighted by Gasteiger charge is -2.09. The van der Waals surface area contributed by atoms with Gasteiger partial charge in [-0.15, -0.1) is 0 Å². The second kappa shape index (κ2) is 12.4. The molecule has 6 rings (SSSR count). The van der Waals surface area contributed by atoms with Gasteiger partial charge in [-0.25, -0.2) is 21.6 Å². The van der Waals surface area contributed by atoms with Gasteiger partial charge in [0.15, 0.2) is 0 Å². The second-order valence-corrected chi connectivity index (χ2v) is 12.8. The highest BCUT2D eigenvalue weighted by Gasteiger charge is 2.31. The summed E-state index contributed by atoms with van der Waals surface area (Å²) < 4.78 is 68.2. The molecule has 0 saturated carbocycles. The molecule has 0 amide bonds. The van der Waals surface area contributed by atoms with E-state index in [-0.39, 0.29) is 26.9 Å². The molecule has 14 heteroatoms. The first-order valence-corrected chi connectivity index (χ1v) is 15.3. The number of hydrogen-bond acceptors (Lipinski definition) is 5. The van der Waals surface area contributed by atoms with Crippen LogP contribution in [0.2, 0.25) is 10.0 Å². The third-order valence-electron chi connectivity index (χ3n) is 7.08. The van der Waals surface area contributed by atoms with Crippen molar-refractivity contribution >= 4 is 68.1 Å². The van der Waals surface area contributed by atoms with Crippen molar-refractivity contribution < 1.29 is 41.5 Å². The molecular weight excluding hydrogens is 653 g/mol. The van der Waals surface area contributed by atoms with Gasteiger partial charge >= 0.3 is 13.1 Å². The maximum atomic E-state index is 14.2. The molecule has 1 aliphatic rings. The van der Waals surface area contributed by atoms with Crippen molar-refractivity contribution in [3.63, 3.8) is 0 Å². The largest absolute Gasteiger partial charge is 0.488 e. The lowest BCUT2D eigenvalue weighted by atomic mass is 9.80. The van der Waals surface area contributed by atoms with Crippen molar-refractivity contribution in [3.8, 4) is 11.1 Å². The minimum absolute atomic E-state index is 0.0234. The Morgan fingerprint density at radius 2 is 1.51 bits per heavy atom. The van der Waals surface area contributed by atoms with E-state index in [4.69, 9.17) is 33.2 Å². The molecule has 0 spiro atoms. The van der Waals surface area contributed by atoms with Gasteiger partial charge in [-0.05, 0) is 84.2 Å². The quantitative estimate of drug-likeness (QED) is 0.198. The number of fused-ring (bicyclic) bond motifs is 2. The maximum absolute atomic E-state index is 14.2. The predicted molar refractivity (Wildman–Crippen MR) is 167 cm³/mol. The average molecular weight is 674 g/mol. The van der Waals surface area contributed by atoms with E-state index in [2.05, 4.69) is 0 Å². The van der Waals surface area contributed by atoms with Gasteiger partial charge in [0.2, 0.25) is 9.84 Å². The van der Waals surface area contributed by atoms with E-state index in [1.165, 1.54) is 47.0 Å². The number of carbonyl (C=O) groups is 1. The van der Waals surface area contributed by atoms with E-state index in [1.54, 1.807) is 19.1 Å². The standard InChI is InChI=1S/C25H16ClF2NO4S.C6H5BClFO2/c1-13-25(20-10-17(27)3-5-22(20)29(13)11-24(30)31)21-12-34(32,33)23-8-14(2-4-19(21)23)15-6-16(26)9-18(28)7-15;8-5-1-4(7(10)11)2-6(9)3-5/h2-10,12H,11H2,1H3,(H,30,31);1-3,10-11H. The molecule has 45 heavy (non-hydrogen) atoms. The number of halogens is 5. The van der Waals surface area contributed by atoms with Crippen LogP contribution in [-0.4, -0.2) is 41.2 Å². The van der Waals surface area contributed by atoms with E-state index >= 15 is 0 Å². The van der Waals surface area contributed by atoms with Crippen LogP contribution >= 0.6 is 23.2 Å². The first-order valence-electron chi connectivity index (χ1n) is 13.0. The highest BCUT2D eigenvalue weighted by atomic mass is 35.5. The summed E-state index contributed by atoms with van der Waals surface area (Å²) in [5.74, 6) is -2.74. The molecular formula is C31H21BCl2F3NO6S. The van der Waals surface area contributed by atoms with Gasteiger partial charge in [-0.1, -0.05) is 35.3 Å². The van der Waals surface area contributed by atoms with Crippen LogP contribution in [0.15, 0.2) is 83.1 Å².